The standard InChI is InChI=1S/C14H12O4S/c1-9(15)10-2-4-12(5-3-10)18-8-11-6-7-19-13(11)14(16)17/h2-7H,8H2,1H3,(H,16,17). The zero-order chi connectivity index (χ0) is 13.8. The predicted octanol–water partition coefficient (Wildman–Crippen LogP) is 3.23. The highest BCUT2D eigenvalue weighted by molar-refractivity contribution is 7.12. The molecule has 5 heteroatoms. The summed E-state index contributed by atoms with van der Waals surface area (Å²) >= 11 is 1.17. The third-order valence-corrected chi connectivity index (χ3v) is 3.54. The first kappa shape index (κ1) is 13.3. The van der Waals surface area contributed by atoms with Gasteiger partial charge in [0, 0.05) is 11.1 Å². The van der Waals surface area contributed by atoms with Gasteiger partial charge in [-0.1, -0.05) is 0 Å². The van der Waals surface area contributed by atoms with Crippen molar-refractivity contribution in [3.05, 3.63) is 51.7 Å². The summed E-state index contributed by atoms with van der Waals surface area (Å²) in [6.07, 6.45) is 0. The van der Waals surface area contributed by atoms with E-state index < -0.39 is 5.97 Å². The van der Waals surface area contributed by atoms with Gasteiger partial charge in [-0.25, -0.2) is 4.79 Å². The Bertz CT molecular complexity index is 598. The summed E-state index contributed by atoms with van der Waals surface area (Å²) in [5.41, 5.74) is 1.27. The third-order valence-electron chi connectivity index (χ3n) is 2.60. The van der Waals surface area contributed by atoms with Crippen molar-refractivity contribution in [1.82, 2.24) is 0 Å². The van der Waals surface area contributed by atoms with Crippen molar-refractivity contribution < 1.29 is 19.4 Å². The lowest BCUT2D eigenvalue weighted by Gasteiger charge is -2.06. The van der Waals surface area contributed by atoms with E-state index in [9.17, 15) is 9.59 Å². The van der Waals surface area contributed by atoms with Crippen LogP contribution in [0.2, 0.25) is 0 Å². The molecule has 0 spiro atoms. The number of carboxylic acid groups (broad SMARTS) is 1. The van der Waals surface area contributed by atoms with Crippen LogP contribution in [-0.2, 0) is 6.61 Å². The number of benzene rings is 1. The zero-order valence-electron chi connectivity index (χ0n) is 10.3. The molecule has 0 amide bonds. The van der Waals surface area contributed by atoms with Gasteiger partial charge in [-0.3, -0.25) is 4.79 Å². The van der Waals surface area contributed by atoms with E-state index in [1.807, 2.05) is 0 Å². The van der Waals surface area contributed by atoms with Gasteiger partial charge in [-0.15, -0.1) is 11.3 Å². The highest BCUT2D eigenvalue weighted by Crippen LogP contribution is 2.20. The number of hydrogen-bond donors (Lipinski definition) is 1. The predicted molar refractivity (Wildman–Crippen MR) is 72.1 cm³/mol. The molecule has 0 aliphatic rings. The molecular weight excluding hydrogens is 264 g/mol. The van der Waals surface area contributed by atoms with Gasteiger partial charge in [-0.2, -0.15) is 0 Å². The van der Waals surface area contributed by atoms with E-state index in [1.54, 1.807) is 35.7 Å². The number of ether oxygens (including phenoxy) is 1. The number of ketones is 1. The number of carbonyl (C=O) groups excluding carboxylic acids is 1. The van der Waals surface area contributed by atoms with Gasteiger partial charge in [0.25, 0.3) is 0 Å². The van der Waals surface area contributed by atoms with Gasteiger partial charge in [0.1, 0.15) is 17.2 Å². The Kier molecular flexibility index (Phi) is 3.97. The van der Waals surface area contributed by atoms with Crippen LogP contribution < -0.4 is 4.74 Å². The molecule has 1 N–H and O–H groups in total. The third kappa shape index (κ3) is 3.20. The van der Waals surface area contributed by atoms with Crippen molar-refractivity contribution in [2.45, 2.75) is 13.5 Å². The fourth-order valence-electron chi connectivity index (χ4n) is 1.58. The molecule has 2 aromatic rings. The van der Waals surface area contributed by atoms with Crippen LogP contribution in [-0.4, -0.2) is 16.9 Å². The fraction of sp³-hybridized carbons (Fsp3) is 0.143. The topological polar surface area (TPSA) is 63.6 Å². The van der Waals surface area contributed by atoms with Crippen molar-refractivity contribution in [2.75, 3.05) is 0 Å². The van der Waals surface area contributed by atoms with Gasteiger partial charge < -0.3 is 9.84 Å². The number of carboxylic acids is 1. The Morgan fingerprint density at radius 2 is 1.89 bits per heavy atom. The molecule has 1 aromatic heterocycles. The summed E-state index contributed by atoms with van der Waals surface area (Å²) in [5.74, 6) is -0.342. The van der Waals surface area contributed by atoms with Crippen LogP contribution in [0.1, 0.15) is 32.5 Å². The lowest BCUT2D eigenvalue weighted by atomic mass is 10.1. The Morgan fingerprint density at radius 1 is 1.21 bits per heavy atom. The summed E-state index contributed by atoms with van der Waals surface area (Å²) < 4.78 is 5.51. The molecule has 0 radical (unpaired) electrons. The second-order valence-electron chi connectivity index (χ2n) is 3.95. The SMILES string of the molecule is CC(=O)c1ccc(OCc2ccsc2C(=O)O)cc1. The lowest BCUT2D eigenvalue weighted by molar-refractivity contribution is 0.0699. The van der Waals surface area contributed by atoms with Crippen LogP contribution in [0, 0.1) is 0 Å². The van der Waals surface area contributed by atoms with E-state index in [0.29, 0.717) is 21.8 Å². The number of thiophene rings is 1. The van der Waals surface area contributed by atoms with E-state index in [2.05, 4.69) is 0 Å². The summed E-state index contributed by atoms with van der Waals surface area (Å²) in [7, 11) is 0. The van der Waals surface area contributed by atoms with Crippen molar-refractivity contribution in [3.8, 4) is 5.75 Å². The summed E-state index contributed by atoms with van der Waals surface area (Å²) in [6.45, 7) is 1.70. The molecule has 0 unspecified atom stereocenters. The average molecular weight is 276 g/mol. The van der Waals surface area contributed by atoms with Crippen LogP contribution >= 0.6 is 11.3 Å². The molecule has 0 saturated carbocycles. The van der Waals surface area contributed by atoms with E-state index >= 15 is 0 Å². The summed E-state index contributed by atoms with van der Waals surface area (Å²) in [5, 5.41) is 10.7. The van der Waals surface area contributed by atoms with Gasteiger partial charge in [0.2, 0.25) is 0 Å². The molecule has 0 aliphatic carbocycles. The number of carbonyl (C=O) groups is 2. The smallest absolute Gasteiger partial charge is 0.346 e. The maximum absolute atomic E-state index is 11.1. The normalized spacial score (nSPS) is 10.2. The monoisotopic (exact) mass is 276 g/mol. The van der Waals surface area contributed by atoms with Crippen LogP contribution in [0.3, 0.4) is 0 Å². The second-order valence-corrected chi connectivity index (χ2v) is 4.87. The highest BCUT2D eigenvalue weighted by Gasteiger charge is 2.11. The molecule has 98 valence electrons. The molecule has 0 aliphatic heterocycles. The van der Waals surface area contributed by atoms with E-state index in [1.165, 1.54) is 18.3 Å². The minimum absolute atomic E-state index is 0.00227. The van der Waals surface area contributed by atoms with Crippen LogP contribution in [0.15, 0.2) is 35.7 Å². The first-order valence-corrected chi connectivity index (χ1v) is 6.49. The first-order valence-electron chi connectivity index (χ1n) is 5.61. The van der Waals surface area contributed by atoms with E-state index in [4.69, 9.17) is 9.84 Å². The molecule has 0 fully saturated rings. The van der Waals surface area contributed by atoms with Crippen molar-refractivity contribution in [1.29, 1.82) is 0 Å². The number of hydrogen-bond acceptors (Lipinski definition) is 4. The van der Waals surface area contributed by atoms with Crippen LogP contribution in [0.5, 0.6) is 5.75 Å². The number of aromatic carboxylic acids is 1. The van der Waals surface area contributed by atoms with Gasteiger partial charge in [0.05, 0.1) is 0 Å². The van der Waals surface area contributed by atoms with Crippen LogP contribution in [0.4, 0.5) is 0 Å². The quantitative estimate of drug-likeness (QED) is 0.852. The minimum atomic E-state index is -0.944. The van der Waals surface area contributed by atoms with Gasteiger partial charge >= 0.3 is 5.97 Å². The molecule has 2 rings (SSSR count). The second kappa shape index (κ2) is 5.67. The Morgan fingerprint density at radius 3 is 2.47 bits per heavy atom. The van der Waals surface area contributed by atoms with Gasteiger partial charge in [-0.05, 0) is 42.6 Å². The molecule has 0 atom stereocenters. The molecule has 4 nitrogen and oxygen atoms in total. The largest absolute Gasteiger partial charge is 0.489 e. The van der Waals surface area contributed by atoms with Crippen molar-refractivity contribution in [3.63, 3.8) is 0 Å². The summed E-state index contributed by atoms with van der Waals surface area (Å²) in [4.78, 5) is 22.3. The fourth-order valence-corrected chi connectivity index (χ4v) is 2.33. The Labute approximate surface area is 114 Å². The molecule has 0 bridgehead atoms. The molecule has 0 saturated heterocycles. The maximum Gasteiger partial charge on any atom is 0.346 e. The summed E-state index contributed by atoms with van der Waals surface area (Å²) in [6, 6.07) is 8.50. The number of rotatable bonds is 5. The van der Waals surface area contributed by atoms with Crippen molar-refractivity contribution >= 4 is 23.1 Å². The number of Topliss-reactive ketones (excluding diaryl/α,β-unsaturated/α-hetero) is 1. The zero-order valence-corrected chi connectivity index (χ0v) is 11.1. The van der Waals surface area contributed by atoms with E-state index in [-0.39, 0.29) is 12.4 Å². The molecule has 1 aromatic carbocycles. The lowest BCUT2D eigenvalue weighted by Crippen LogP contribution is -2.02. The van der Waals surface area contributed by atoms with Crippen LogP contribution in [0.25, 0.3) is 0 Å². The maximum atomic E-state index is 11.1. The Hall–Kier alpha value is -2.14. The highest BCUT2D eigenvalue weighted by atomic mass is 32.1. The van der Waals surface area contributed by atoms with E-state index in [0.717, 1.165) is 0 Å². The molecular formula is C14H12O4S. The van der Waals surface area contributed by atoms with Crippen molar-refractivity contribution in [2.24, 2.45) is 0 Å². The average Bonchev–Trinajstić information content (AvgIpc) is 2.85. The molecule has 19 heavy (non-hydrogen) atoms. The first-order chi connectivity index (χ1) is 9.08. The molecule has 1 heterocycles. The minimum Gasteiger partial charge on any atom is -0.489 e. The van der Waals surface area contributed by atoms with Gasteiger partial charge in [0.15, 0.2) is 5.78 Å². The Balaban J connectivity index is 2.04.